The van der Waals surface area contributed by atoms with Crippen molar-refractivity contribution in [1.29, 1.82) is 0 Å². The van der Waals surface area contributed by atoms with E-state index in [9.17, 15) is 9.59 Å². The van der Waals surface area contributed by atoms with E-state index in [1.54, 1.807) is 16.7 Å². The van der Waals surface area contributed by atoms with Gasteiger partial charge >= 0.3 is 0 Å². The Morgan fingerprint density at radius 3 is 2.67 bits per heavy atom. The Labute approximate surface area is 133 Å². The molecule has 2 heterocycles. The summed E-state index contributed by atoms with van der Waals surface area (Å²) in [6.45, 7) is 6.10. The van der Waals surface area contributed by atoms with E-state index < -0.39 is 0 Å². The maximum Gasteiger partial charge on any atom is 0.229 e. The number of benzene rings is 1. The second-order valence-electron chi connectivity index (χ2n) is 6.14. The van der Waals surface area contributed by atoms with Crippen LogP contribution in [0.25, 0.3) is 0 Å². The maximum absolute atomic E-state index is 12.6. The predicted molar refractivity (Wildman–Crippen MR) is 88.0 cm³/mol. The first-order valence-corrected chi connectivity index (χ1v) is 8.99. The molecule has 112 valence electrons. The molecular weight excluding hydrogens is 302 g/mol. The molecule has 3 atom stereocenters. The van der Waals surface area contributed by atoms with E-state index in [2.05, 4.69) is 13.8 Å². The first-order chi connectivity index (χ1) is 9.92. The highest BCUT2D eigenvalue weighted by molar-refractivity contribution is 8.13. The van der Waals surface area contributed by atoms with Crippen molar-refractivity contribution in [1.82, 2.24) is 4.90 Å². The molecule has 3 rings (SSSR count). The molecule has 0 aromatic heterocycles. The van der Waals surface area contributed by atoms with Crippen LogP contribution in [0.4, 0.5) is 0 Å². The van der Waals surface area contributed by atoms with Crippen LogP contribution >= 0.6 is 23.5 Å². The molecule has 2 aliphatic rings. The van der Waals surface area contributed by atoms with Crippen molar-refractivity contribution in [2.45, 2.75) is 42.7 Å². The fraction of sp³-hybridized carbons (Fsp3) is 0.500. The number of hydrogen-bond donors (Lipinski definition) is 0. The van der Waals surface area contributed by atoms with Crippen molar-refractivity contribution >= 4 is 34.5 Å². The highest BCUT2D eigenvalue weighted by Gasteiger charge is 2.61. The number of carbonyl (C=O) groups excluding carboxylic acids is 2. The Kier molecular flexibility index (Phi) is 3.82. The summed E-state index contributed by atoms with van der Waals surface area (Å²) in [6, 6.07) is 9.67. The molecule has 1 aromatic rings. The SMILES string of the molecule is CC1C(=O)N2[C@@H]1SC(C)(C)[C@@H]2C(=O)SCc1ccccc1. The zero-order chi connectivity index (χ0) is 15.2. The molecule has 0 spiro atoms. The van der Waals surface area contributed by atoms with Gasteiger partial charge in [0, 0.05) is 10.5 Å². The fourth-order valence-corrected chi connectivity index (χ4v) is 5.76. The van der Waals surface area contributed by atoms with E-state index in [0.29, 0.717) is 5.75 Å². The standard InChI is InChI=1S/C16H19NO2S2/c1-10-13(18)17-12(16(2,3)21-14(10)17)15(19)20-9-11-7-5-4-6-8-11/h4-8,10,12,14H,9H2,1-3H3/t10?,12-,14+/m0/s1. The summed E-state index contributed by atoms with van der Waals surface area (Å²) in [4.78, 5) is 26.5. The van der Waals surface area contributed by atoms with Crippen molar-refractivity contribution in [3.8, 4) is 0 Å². The molecule has 0 aliphatic carbocycles. The van der Waals surface area contributed by atoms with Gasteiger partial charge in [0.1, 0.15) is 6.04 Å². The molecule has 2 saturated heterocycles. The minimum absolute atomic E-state index is 0.0474. The summed E-state index contributed by atoms with van der Waals surface area (Å²) >= 11 is 3.08. The third-order valence-electron chi connectivity index (χ3n) is 4.15. The van der Waals surface area contributed by atoms with Crippen LogP contribution in [0, 0.1) is 5.92 Å². The Hall–Kier alpha value is -0.940. The monoisotopic (exact) mass is 321 g/mol. The number of hydrogen-bond acceptors (Lipinski definition) is 4. The number of fused-ring (bicyclic) bond motifs is 1. The number of carbonyl (C=O) groups is 2. The average molecular weight is 321 g/mol. The molecule has 0 saturated carbocycles. The zero-order valence-corrected chi connectivity index (χ0v) is 14.0. The summed E-state index contributed by atoms with van der Waals surface area (Å²) in [6.07, 6.45) is 0. The van der Waals surface area contributed by atoms with E-state index in [1.807, 2.05) is 37.3 Å². The average Bonchev–Trinajstić information content (AvgIpc) is 2.74. The quantitative estimate of drug-likeness (QED) is 0.802. The molecule has 2 aliphatic heterocycles. The van der Waals surface area contributed by atoms with Crippen LogP contribution in [0.1, 0.15) is 26.3 Å². The summed E-state index contributed by atoms with van der Waals surface area (Å²) in [7, 11) is 0. The van der Waals surface area contributed by atoms with Gasteiger partial charge in [0.2, 0.25) is 11.0 Å². The van der Waals surface area contributed by atoms with E-state index >= 15 is 0 Å². The number of β-lactam (4-membered cyclic amide) rings is 1. The zero-order valence-electron chi connectivity index (χ0n) is 12.4. The molecule has 0 N–H and O–H groups in total. The Morgan fingerprint density at radius 2 is 2.00 bits per heavy atom. The fourth-order valence-electron chi connectivity index (χ4n) is 2.99. The second-order valence-corrected chi connectivity index (χ2v) is 8.89. The minimum atomic E-state index is -0.301. The Balaban J connectivity index is 1.70. The topological polar surface area (TPSA) is 37.4 Å². The Bertz CT molecular complexity index is 573. The number of amides is 1. The molecule has 21 heavy (non-hydrogen) atoms. The lowest BCUT2D eigenvalue weighted by atomic mass is 9.94. The molecular formula is C16H19NO2S2. The van der Waals surface area contributed by atoms with Crippen molar-refractivity contribution in [3.05, 3.63) is 35.9 Å². The number of nitrogens with zero attached hydrogens (tertiary/aromatic N) is 1. The first-order valence-electron chi connectivity index (χ1n) is 7.12. The van der Waals surface area contributed by atoms with Gasteiger partial charge in [-0.25, -0.2) is 0 Å². The predicted octanol–water partition coefficient (Wildman–Crippen LogP) is 3.14. The van der Waals surface area contributed by atoms with Gasteiger partial charge < -0.3 is 4.90 Å². The van der Waals surface area contributed by atoms with Crippen LogP contribution in [0.2, 0.25) is 0 Å². The van der Waals surface area contributed by atoms with Crippen LogP contribution in [-0.2, 0) is 15.3 Å². The van der Waals surface area contributed by atoms with Gasteiger partial charge in [-0.15, -0.1) is 11.8 Å². The number of thioether (sulfide) groups is 2. The van der Waals surface area contributed by atoms with Crippen molar-refractivity contribution in [2.75, 3.05) is 0 Å². The lowest BCUT2D eigenvalue weighted by molar-refractivity contribution is -0.154. The van der Waals surface area contributed by atoms with E-state index in [0.717, 1.165) is 5.56 Å². The lowest BCUT2D eigenvalue weighted by Crippen LogP contribution is -2.61. The Morgan fingerprint density at radius 1 is 1.33 bits per heavy atom. The summed E-state index contributed by atoms with van der Waals surface area (Å²) < 4.78 is -0.203. The van der Waals surface area contributed by atoms with Gasteiger partial charge in [0.05, 0.1) is 11.3 Å². The molecule has 1 unspecified atom stereocenters. The number of rotatable bonds is 3. The lowest BCUT2D eigenvalue weighted by Gasteiger charge is -2.42. The molecule has 0 bridgehead atoms. The van der Waals surface area contributed by atoms with Crippen LogP contribution in [0.5, 0.6) is 0 Å². The van der Waals surface area contributed by atoms with E-state index in [4.69, 9.17) is 0 Å². The van der Waals surface area contributed by atoms with Crippen molar-refractivity contribution in [2.24, 2.45) is 5.92 Å². The second kappa shape index (κ2) is 5.36. The molecule has 0 radical (unpaired) electrons. The summed E-state index contributed by atoms with van der Waals surface area (Å²) in [5, 5.41) is 0.290. The highest BCUT2D eigenvalue weighted by Crippen LogP contribution is 2.53. The first kappa shape index (κ1) is 15.0. The van der Waals surface area contributed by atoms with Crippen LogP contribution in [-0.4, -0.2) is 32.1 Å². The summed E-state index contributed by atoms with van der Waals surface area (Å²) in [5.41, 5.74) is 1.14. The molecule has 5 heteroatoms. The van der Waals surface area contributed by atoms with Gasteiger partial charge in [-0.2, -0.15) is 0 Å². The summed E-state index contributed by atoms with van der Waals surface area (Å²) in [5.74, 6) is 0.835. The van der Waals surface area contributed by atoms with Gasteiger partial charge in [0.15, 0.2) is 0 Å². The van der Waals surface area contributed by atoms with Gasteiger partial charge in [-0.3, -0.25) is 9.59 Å². The van der Waals surface area contributed by atoms with Gasteiger partial charge in [-0.1, -0.05) is 49.0 Å². The molecule has 1 aromatic carbocycles. The van der Waals surface area contributed by atoms with Gasteiger partial charge in [0.25, 0.3) is 0 Å². The normalized spacial score (nSPS) is 30.0. The highest BCUT2D eigenvalue weighted by atomic mass is 32.2. The largest absolute Gasteiger partial charge is 0.317 e. The smallest absolute Gasteiger partial charge is 0.229 e. The van der Waals surface area contributed by atoms with E-state index in [1.165, 1.54) is 11.8 Å². The minimum Gasteiger partial charge on any atom is -0.317 e. The third kappa shape index (κ3) is 2.50. The van der Waals surface area contributed by atoms with Crippen LogP contribution in [0.15, 0.2) is 30.3 Å². The maximum atomic E-state index is 12.6. The molecule has 2 fully saturated rings. The van der Waals surface area contributed by atoms with E-state index in [-0.39, 0.29) is 33.1 Å². The van der Waals surface area contributed by atoms with Crippen molar-refractivity contribution in [3.63, 3.8) is 0 Å². The third-order valence-corrected chi connectivity index (χ3v) is 6.85. The molecule has 1 amide bonds. The van der Waals surface area contributed by atoms with Crippen LogP contribution < -0.4 is 0 Å². The van der Waals surface area contributed by atoms with Gasteiger partial charge in [-0.05, 0) is 19.4 Å². The van der Waals surface area contributed by atoms with Crippen molar-refractivity contribution < 1.29 is 9.59 Å². The van der Waals surface area contributed by atoms with Crippen LogP contribution in [0.3, 0.4) is 0 Å². The molecule has 3 nitrogen and oxygen atoms in total.